The van der Waals surface area contributed by atoms with Gasteiger partial charge in [0.1, 0.15) is 0 Å². The van der Waals surface area contributed by atoms with E-state index in [-0.39, 0.29) is 5.91 Å². The van der Waals surface area contributed by atoms with Crippen LogP contribution in [0.5, 0.6) is 0 Å². The molecular weight excluding hydrogens is 302 g/mol. The van der Waals surface area contributed by atoms with Crippen LogP contribution in [-0.4, -0.2) is 23.9 Å². The first kappa shape index (κ1) is 12.9. The van der Waals surface area contributed by atoms with Gasteiger partial charge in [-0.3, -0.25) is 4.79 Å². The normalized spacial score (nSPS) is 24.1. The van der Waals surface area contributed by atoms with E-state index in [9.17, 15) is 4.79 Å². The Bertz CT molecular complexity index is 439. The van der Waals surface area contributed by atoms with Crippen LogP contribution in [0.15, 0.2) is 22.7 Å². The SMILES string of the molecule is CC1CN(C(=O)c2ccc(Cl)c(Br)c2)CC1C. The molecule has 0 aromatic heterocycles. The summed E-state index contributed by atoms with van der Waals surface area (Å²) < 4.78 is 0.769. The molecule has 1 fully saturated rings. The molecule has 2 rings (SSSR count). The van der Waals surface area contributed by atoms with Crippen molar-refractivity contribution < 1.29 is 4.79 Å². The summed E-state index contributed by atoms with van der Waals surface area (Å²) in [6, 6.07) is 5.32. The van der Waals surface area contributed by atoms with E-state index in [1.807, 2.05) is 4.90 Å². The molecule has 2 nitrogen and oxygen atoms in total. The number of likely N-dealkylation sites (tertiary alicyclic amines) is 1. The molecule has 17 heavy (non-hydrogen) atoms. The summed E-state index contributed by atoms with van der Waals surface area (Å²) in [6.07, 6.45) is 0. The fraction of sp³-hybridized carbons (Fsp3) is 0.462. The molecule has 0 N–H and O–H groups in total. The minimum absolute atomic E-state index is 0.0959. The van der Waals surface area contributed by atoms with E-state index in [1.54, 1.807) is 18.2 Å². The summed E-state index contributed by atoms with van der Waals surface area (Å²) >= 11 is 9.26. The number of amides is 1. The Morgan fingerprint density at radius 2 is 1.94 bits per heavy atom. The second-order valence-corrected chi connectivity index (χ2v) is 6.06. The second kappa shape index (κ2) is 4.99. The summed E-state index contributed by atoms with van der Waals surface area (Å²) in [7, 11) is 0. The quantitative estimate of drug-likeness (QED) is 0.771. The highest BCUT2D eigenvalue weighted by molar-refractivity contribution is 9.10. The lowest BCUT2D eigenvalue weighted by Crippen LogP contribution is -2.28. The second-order valence-electron chi connectivity index (χ2n) is 4.79. The van der Waals surface area contributed by atoms with Crippen molar-refractivity contribution in [3.05, 3.63) is 33.3 Å². The van der Waals surface area contributed by atoms with E-state index >= 15 is 0 Å². The van der Waals surface area contributed by atoms with Crippen LogP contribution < -0.4 is 0 Å². The highest BCUT2D eigenvalue weighted by atomic mass is 79.9. The number of rotatable bonds is 1. The van der Waals surface area contributed by atoms with Gasteiger partial charge in [0.2, 0.25) is 0 Å². The van der Waals surface area contributed by atoms with Gasteiger partial charge < -0.3 is 4.90 Å². The predicted molar refractivity (Wildman–Crippen MR) is 73.4 cm³/mol. The van der Waals surface area contributed by atoms with Gasteiger partial charge in [-0.2, -0.15) is 0 Å². The van der Waals surface area contributed by atoms with Gasteiger partial charge in [0.15, 0.2) is 0 Å². The third-order valence-corrected chi connectivity index (χ3v) is 4.66. The third kappa shape index (κ3) is 2.66. The maximum Gasteiger partial charge on any atom is 0.253 e. The van der Waals surface area contributed by atoms with Crippen LogP contribution in [0.3, 0.4) is 0 Å². The molecular formula is C13H15BrClNO. The van der Waals surface area contributed by atoms with Crippen LogP contribution in [0.1, 0.15) is 24.2 Å². The number of nitrogens with zero attached hydrogens (tertiary/aromatic N) is 1. The average Bonchev–Trinajstić information content (AvgIpc) is 2.62. The molecule has 1 heterocycles. The van der Waals surface area contributed by atoms with Crippen molar-refractivity contribution in [2.75, 3.05) is 13.1 Å². The summed E-state index contributed by atoms with van der Waals surface area (Å²) in [5, 5.41) is 0.629. The van der Waals surface area contributed by atoms with Crippen molar-refractivity contribution in [2.45, 2.75) is 13.8 Å². The van der Waals surface area contributed by atoms with E-state index in [4.69, 9.17) is 11.6 Å². The zero-order chi connectivity index (χ0) is 12.6. The zero-order valence-electron chi connectivity index (χ0n) is 9.91. The molecule has 92 valence electrons. The number of hydrogen-bond donors (Lipinski definition) is 0. The van der Waals surface area contributed by atoms with Crippen molar-refractivity contribution in [3.8, 4) is 0 Å². The Balaban J connectivity index is 2.17. The zero-order valence-corrected chi connectivity index (χ0v) is 12.3. The number of halogens is 2. The lowest BCUT2D eigenvalue weighted by molar-refractivity contribution is 0.0785. The van der Waals surface area contributed by atoms with Crippen LogP contribution in [0.25, 0.3) is 0 Å². The molecule has 1 aliphatic heterocycles. The Labute approximate surface area is 115 Å². The molecule has 4 heteroatoms. The van der Waals surface area contributed by atoms with Gasteiger partial charge in [-0.15, -0.1) is 0 Å². The van der Waals surface area contributed by atoms with Gasteiger partial charge >= 0.3 is 0 Å². The topological polar surface area (TPSA) is 20.3 Å². The molecule has 1 aromatic carbocycles. The average molecular weight is 317 g/mol. The van der Waals surface area contributed by atoms with Gasteiger partial charge in [0.05, 0.1) is 5.02 Å². The van der Waals surface area contributed by atoms with Gasteiger partial charge in [-0.25, -0.2) is 0 Å². The van der Waals surface area contributed by atoms with Crippen molar-refractivity contribution in [3.63, 3.8) is 0 Å². The smallest absolute Gasteiger partial charge is 0.253 e. The minimum atomic E-state index is 0.0959. The monoisotopic (exact) mass is 315 g/mol. The summed E-state index contributed by atoms with van der Waals surface area (Å²) in [4.78, 5) is 14.2. The molecule has 0 aliphatic carbocycles. The van der Waals surface area contributed by atoms with Crippen molar-refractivity contribution in [2.24, 2.45) is 11.8 Å². The molecule has 1 aliphatic rings. The lowest BCUT2D eigenvalue weighted by Gasteiger charge is -2.16. The van der Waals surface area contributed by atoms with E-state index in [0.717, 1.165) is 17.6 Å². The predicted octanol–water partition coefficient (Wildman–Crippen LogP) is 3.83. The standard InChI is InChI=1S/C13H15BrClNO/c1-8-6-16(7-9(8)2)13(17)10-3-4-12(15)11(14)5-10/h3-5,8-9H,6-7H2,1-2H3. The molecule has 0 bridgehead atoms. The number of carbonyl (C=O) groups is 1. The molecule has 2 unspecified atom stereocenters. The summed E-state index contributed by atoms with van der Waals surface area (Å²) in [6.45, 7) is 6.08. The fourth-order valence-corrected chi connectivity index (χ4v) is 2.60. The first-order valence-corrected chi connectivity index (χ1v) is 6.90. The highest BCUT2D eigenvalue weighted by Gasteiger charge is 2.29. The maximum absolute atomic E-state index is 12.3. The first-order chi connectivity index (χ1) is 7.99. The molecule has 2 atom stereocenters. The van der Waals surface area contributed by atoms with Gasteiger partial charge in [-0.05, 0) is 46.0 Å². The van der Waals surface area contributed by atoms with Crippen LogP contribution in [-0.2, 0) is 0 Å². The maximum atomic E-state index is 12.3. The molecule has 0 saturated carbocycles. The van der Waals surface area contributed by atoms with Gasteiger partial charge in [-0.1, -0.05) is 25.4 Å². The fourth-order valence-electron chi connectivity index (χ4n) is 2.11. The molecule has 0 radical (unpaired) electrons. The number of carbonyl (C=O) groups excluding carboxylic acids is 1. The van der Waals surface area contributed by atoms with Crippen molar-refractivity contribution in [1.29, 1.82) is 0 Å². The van der Waals surface area contributed by atoms with Crippen LogP contribution in [0, 0.1) is 11.8 Å². The van der Waals surface area contributed by atoms with E-state index in [0.29, 0.717) is 22.4 Å². The van der Waals surface area contributed by atoms with E-state index in [2.05, 4.69) is 29.8 Å². The van der Waals surface area contributed by atoms with Crippen LogP contribution in [0.2, 0.25) is 5.02 Å². The van der Waals surface area contributed by atoms with Gasteiger partial charge in [0, 0.05) is 23.1 Å². The first-order valence-electron chi connectivity index (χ1n) is 5.73. The van der Waals surface area contributed by atoms with Crippen molar-refractivity contribution >= 4 is 33.4 Å². The van der Waals surface area contributed by atoms with Crippen molar-refractivity contribution in [1.82, 2.24) is 4.90 Å². The summed E-state index contributed by atoms with van der Waals surface area (Å²) in [5.74, 6) is 1.25. The Morgan fingerprint density at radius 1 is 1.35 bits per heavy atom. The largest absolute Gasteiger partial charge is 0.338 e. The number of benzene rings is 1. The number of hydrogen-bond acceptors (Lipinski definition) is 1. The van der Waals surface area contributed by atoms with E-state index in [1.165, 1.54) is 0 Å². The highest BCUT2D eigenvalue weighted by Crippen LogP contribution is 2.27. The summed E-state index contributed by atoms with van der Waals surface area (Å²) in [5.41, 5.74) is 0.697. The lowest BCUT2D eigenvalue weighted by atomic mass is 10.0. The third-order valence-electron chi connectivity index (χ3n) is 3.44. The van der Waals surface area contributed by atoms with Gasteiger partial charge in [0.25, 0.3) is 5.91 Å². The Kier molecular flexibility index (Phi) is 3.79. The van der Waals surface area contributed by atoms with Crippen LogP contribution in [0.4, 0.5) is 0 Å². The van der Waals surface area contributed by atoms with E-state index < -0.39 is 0 Å². The molecule has 1 amide bonds. The molecule has 1 saturated heterocycles. The Morgan fingerprint density at radius 3 is 2.47 bits per heavy atom. The molecule has 1 aromatic rings. The minimum Gasteiger partial charge on any atom is -0.338 e. The molecule has 0 spiro atoms. The van der Waals surface area contributed by atoms with Crippen LogP contribution >= 0.6 is 27.5 Å². The Hall–Kier alpha value is -0.540.